The van der Waals surface area contributed by atoms with Crippen molar-refractivity contribution in [3.8, 4) is 0 Å². The van der Waals surface area contributed by atoms with Crippen LogP contribution in [0, 0.1) is 11.8 Å². The molecule has 1 amide bonds. The average Bonchev–Trinajstić information content (AvgIpc) is 2.32. The maximum Gasteiger partial charge on any atom is 0.226 e. The molecule has 1 saturated heterocycles. The summed E-state index contributed by atoms with van der Waals surface area (Å²) in [5.41, 5.74) is 0. The van der Waals surface area contributed by atoms with Crippen LogP contribution in [0.1, 0.15) is 46.5 Å². The molecule has 0 bridgehead atoms. The highest BCUT2D eigenvalue weighted by atomic mass is 16.2. The van der Waals surface area contributed by atoms with Gasteiger partial charge in [0.2, 0.25) is 5.91 Å². The van der Waals surface area contributed by atoms with Gasteiger partial charge in [0.1, 0.15) is 0 Å². The summed E-state index contributed by atoms with van der Waals surface area (Å²) in [7, 11) is 0. The molecule has 1 saturated carbocycles. The molecule has 3 nitrogen and oxygen atoms in total. The van der Waals surface area contributed by atoms with E-state index < -0.39 is 0 Å². The fraction of sp³-hybridized carbons (Fsp3) is 0.929. The molecule has 1 aliphatic heterocycles. The van der Waals surface area contributed by atoms with E-state index in [4.69, 9.17) is 0 Å². The molecule has 17 heavy (non-hydrogen) atoms. The monoisotopic (exact) mass is 238 g/mol. The maximum absolute atomic E-state index is 12.5. The van der Waals surface area contributed by atoms with Crippen molar-refractivity contribution < 1.29 is 4.79 Å². The Hall–Kier alpha value is -0.570. The Labute approximate surface area is 105 Å². The Balaban J connectivity index is 1.94. The van der Waals surface area contributed by atoms with E-state index in [-0.39, 0.29) is 0 Å². The normalized spacial score (nSPS) is 39.1. The van der Waals surface area contributed by atoms with Crippen molar-refractivity contribution in [2.75, 3.05) is 13.1 Å². The van der Waals surface area contributed by atoms with Gasteiger partial charge < -0.3 is 10.2 Å². The van der Waals surface area contributed by atoms with Crippen LogP contribution < -0.4 is 5.32 Å². The van der Waals surface area contributed by atoms with Gasteiger partial charge in [0.25, 0.3) is 0 Å². The summed E-state index contributed by atoms with van der Waals surface area (Å²) in [5, 5.41) is 3.43. The van der Waals surface area contributed by atoms with E-state index in [0.29, 0.717) is 23.9 Å². The molecule has 0 spiro atoms. The molecule has 2 aliphatic rings. The van der Waals surface area contributed by atoms with Crippen molar-refractivity contribution in [3.63, 3.8) is 0 Å². The van der Waals surface area contributed by atoms with Crippen LogP contribution in [0.5, 0.6) is 0 Å². The number of nitrogens with zero attached hydrogens (tertiary/aromatic N) is 1. The Kier molecular flexibility index (Phi) is 4.08. The Bertz CT molecular complexity index is 271. The number of carbonyl (C=O) groups excluding carboxylic acids is 1. The molecular weight excluding hydrogens is 212 g/mol. The minimum Gasteiger partial charge on any atom is -0.337 e. The Morgan fingerprint density at radius 3 is 2.41 bits per heavy atom. The van der Waals surface area contributed by atoms with E-state index in [1.807, 2.05) is 0 Å². The van der Waals surface area contributed by atoms with Crippen LogP contribution in [0.4, 0.5) is 0 Å². The largest absolute Gasteiger partial charge is 0.337 e. The van der Waals surface area contributed by atoms with Gasteiger partial charge in [-0.2, -0.15) is 0 Å². The van der Waals surface area contributed by atoms with Crippen LogP contribution in [-0.2, 0) is 4.79 Å². The van der Waals surface area contributed by atoms with Gasteiger partial charge in [-0.05, 0) is 45.4 Å². The van der Waals surface area contributed by atoms with E-state index in [0.717, 1.165) is 31.8 Å². The molecule has 0 aromatic rings. The summed E-state index contributed by atoms with van der Waals surface area (Å²) in [6.07, 6.45) is 4.66. The lowest BCUT2D eigenvalue weighted by molar-refractivity contribution is -0.140. The quantitative estimate of drug-likeness (QED) is 0.758. The third kappa shape index (κ3) is 3.01. The van der Waals surface area contributed by atoms with Gasteiger partial charge in [0.05, 0.1) is 0 Å². The zero-order valence-electron chi connectivity index (χ0n) is 11.4. The standard InChI is InChI=1S/C14H26N2O/c1-10-4-6-13(7-5-10)14(17)16-9-11(2)15-8-12(16)3/h10-13,15H,4-9H2,1-3H3. The number of nitrogens with one attached hydrogen (secondary N) is 1. The van der Waals surface area contributed by atoms with Crippen molar-refractivity contribution in [3.05, 3.63) is 0 Å². The van der Waals surface area contributed by atoms with E-state index >= 15 is 0 Å². The molecule has 0 aromatic heterocycles. The molecule has 1 heterocycles. The van der Waals surface area contributed by atoms with Crippen molar-refractivity contribution in [1.29, 1.82) is 0 Å². The van der Waals surface area contributed by atoms with Crippen LogP contribution in [-0.4, -0.2) is 36.0 Å². The second kappa shape index (κ2) is 5.38. The van der Waals surface area contributed by atoms with E-state index in [1.54, 1.807) is 0 Å². The highest BCUT2D eigenvalue weighted by Crippen LogP contribution is 2.30. The Morgan fingerprint density at radius 1 is 1.12 bits per heavy atom. The molecule has 2 atom stereocenters. The highest BCUT2D eigenvalue weighted by Gasteiger charge is 2.32. The third-order valence-corrected chi connectivity index (χ3v) is 4.41. The lowest BCUT2D eigenvalue weighted by atomic mass is 9.82. The lowest BCUT2D eigenvalue weighted by Crippen LogP contribution is -2.57. The molecular formula is C14H26N2O. The Morgan fingerprint density at radius 2 is 1.76 bits per heavy atom. The van der Waals surface area contributed by atoms with Crippen molar-refractivity contribution in [2.24, 2.45) is 11.8 Å². The molecule has 98 valence electrons. The van der Waals surface area contributed by atoms with E-state index in [2.05, 4.69) is 31.0 Å². The first-order chi connectivity index (χ1) is 8.08. The fourth-order valence-corrected chi connectivity index (χ4v) is 3.07. The van der Waals surface area contributed by atoms with Gasteiger partial charge in [0, 0.05) is 31.1 Å². The minimum atomic E-state index is 0.305. The molecule has 1 N–H and O–H groups in total. The average molecular weight is 238 g/mol. The summed E-state index contributed by atoms with van der Waals surface area (Å²) in [6, 6.07) is 0.802. The highest BCUT2D eigenvalue weighted by molar-refractivity contribution is 5.79. The number of hydrogen-bond acceptors (Lipinski definition) is 2. The smallest absolute Gasteiger partial charge is 0.226 e. The summed E-state index contributed by atoms with van der Waals surface area (Å²) in [6.45, 7) is 8.44. The second-order valence-electron chi connectivity index (χ2n) is 6.11. The van der Waals surface area contributed by atoms with Gasteiger partial charge in [-0.25, -0.2) is 0 Å². The predicted molar refractivity (Wildman–Crippen MR) is 69.8 cm³/mol. The first kappa shape index (κ1) is 12.9. The van der Waals surface area contributed by atoms with Crippen LogP contribution in [0.2, 0.25) is 0 Å². The minimum absolute atomic E-state index is 0.305. The summed E-state index contributed by atoms with van der Waals surface area (Å²) in [5.74, 6) is 1.54. The van der Waals surface area contributed by atoms with Gasteiger partial charge in [-0.3, -0.25) is 4.79 Å². The van der Waals surface area contributed by atoms with Gasteiger partial charge in [-0.1, -0.05) is 6.92 Å². The molecule has 0 radical (unpaired) electrons. The number of piperazine rings is 1. The molecule has 0 aromatic carbocycles. The molecule has 2 unspecified atom stereocenters. The topological polar surface area (TPSA) is 32.3 Å². The summed E-state index contributed by atoms with van der Waals surface area (Å²) in [4.78, 5) is 14.6. The maximum atomic E-state index is 12.5. The van der Waals surface area contributed by atoms with Crippen molar-refractivity contribution in [2.45, 2.75) is 58.5 Å². The second-order valence-corrected chi connectivity index (χ2v) is 6.11. The molecule has 3 heteroatoms. The lowest BCUT2D eigenvalue weighted by Gasteiger charge is -2.40. The van der Waals surface area contributed by atoms with Crippen molar-refractivity contribution >= 4 is 5.91 Å². The first-order valence-electron chi connectivity index (χ1n) is 7.11. The van der Waals surface area contributed by atoms with E-state index in [9.17, 15) is 4.79 Å². The van der Waals surface area contributed by atoms with Crippen molar-refractivity contribution in [1.82, 2.24) is 10.2 Å². The van der Waals surface area contributed by atoms with Gasteiger partial charge in [-0.15, -0.1) is 0 Å². The number of amides is 1. The predicted octanol–water partition coefficient (Wildman–Crippen LogP) is 2.02. The number of hydrogen-bond donors (Lipinski definition) is 1. The van der Waals surface area contributed by atoms with Crippen LogP contribution in [0.3, 0.4) is 0 Å². The zero-order chi connectivity index (χ0) is 12.4. The number of rotatable bonds is 1. The zero-order valence-corrected chi connectivity index (χ0v) is 11.4. The molecule has 2 rings (SSSR count). The van der Waals surface area contributed by atoms with Crippen LogP contribution in [0.25, 0.3) is 0 Å². The number of carbonyl (C=O) groups is 1. The first-order valence-corrected chi connectivity index (χ1v) is 7.11. The molecule has 2 fully saturated rings. The molecule has 1 aliphatic carbocycles. The van der Waals surface area contributed by atoms with Crippen LogP contribution >= 0.6 is 0 Å². The third-order valence-electron chi connectivity index (χ3n) is 4.41. The van der Waals surface area contributed by atoms with Gasteiger partial charge in [0.15, 0.2) is 0 Å². The summed E-state index contributed by atoms with van der Waals surface area (Å²) >= 11 is 0. The van der Waals surface area contributed by atoms with E-state index in [1.165, 1.54) is 12.8 Å². The SMILES string of the molecule is CC1CCC(C(=O)N2CC(C)NCC2C)CC1. The van der Waals surface area contributed by atoms with Crippen LogP contribution in [0.15, 0.2) is 0 Å². The summed E-state index contributed by atoms with van der Waals surface area (Å²) < 4.78 is 0. The fourth-order valence-electron chi connectivity index (χ4n) is 3.07. The van der Waals surface area contributed by atoms with Gasteiger partial charge >= 0.3 is 0 Å².